The number of anilines is 2. The highest BCUT2D eigenvalue weighted by molar-refractivity contribution is 7.91. The maximum Gasteiger partial charge on any atom is 0.243 e. The zero-order valence-corrected chi connectivity index (χ0v) is 16.1. The zero-order valence-electron chi connectivity index (χ0n) is 13.8. The van der Waals surface area contributed by atoms with E-state index < -0.39 is 9.84 Å². The van der Waals surface area contributed by atoms with Crippen LogP contribution in [0.3, 0.4) is 0 Å². The zero-order chi connectivity index (χ0) is 18.6. The molecular weight excluding hydrogens is 383 g/mol. The molecule has 0 fully saturated rings. The first-order chi connectivity index (χ1) is 11.7. The van der Waals surface area contributed by atoms with Gasteiger partial charge in [-0.15, -0.1) is 0 Å². The van der Waals surface area contributed by atoms with Crippen LogP contribution in [0, 0.1) is 0 Å². The third-order valence-corrected chi connectivity index (χ3v) is 6.09. The standard InChI is InChI=1S/C17H18Cl2N2O3S/c1-3-25(23,24)14-7-5-13(6-8-14)21(2)11-17(22)20-12-4-9-15(18)16(19)10-12/h4-10H,3,11H2,1-2H3,(H,20,22). The topological polar surface area (TPSA) is 66.5 Å². The molecule has 0 bridgehead atoms. The number of halogens is 2. The van der Waals surface area contributed by atoms with E-state index in [4.69, 9.17) is 23.2 Å². The van der Waals surface area contributed by atoms with Crippen molar-refractivity contribution < 1.29 is 13.2 Å². The van der Waals surface area contributed by atoms with Gasteiger partial charge in [-0.25, -0.2) is 8.42 Å². The average Bonchev–Trinajstić information content (AvgIpc) is 2.58. The lowest BCUT2D eigenvalue weighted by Crippen LogP contribution is -2.30. The van der Waals surface area contributed by atoms with Gasteiger partial charge in [0.15, 0.2) is 9.84 Å². The van der Waals surface area contributed by atoms with Gasteiger partial charge in [-0.05, 0) is 42.5 Å². The second-order valence-corrected chi connectivity index (χ2v) is 8.52. The quantitative estimate of drug-likeness (QED) is 0.798. The van der Waals surface area contributed by atoms with Gasteiger partial charge in [0.25, 0.3) is 0 Å². The van der Waals surface area contributed by atoms with Crippen molar-refractivity contribution in [1.82, 2.24) is 0 Å². The van der Waals surface area contributed by atoms with Crippen molar-refractivity contribution in [3.63, 3.8) is 0 Å². The molecule has 0 spiro atoms. The van der Waals surface area contributed by atoms with Gasteiger partial charge in [-0.3, -0.25) is 4.79 Å². The van der Waals surface area contributed by atoms with E-state index in [0.717, 1.165) is 5.69 Å². The second-order valence-electron chi connectivity index (χ2n) is 5.43. The van der Waals surface area contributed by atoms with E-state index in [1.54, 1.807) is 61.3 Å². The first kappa shape index (κ1) is 19.6. The molecule has 0 aliphatic carbocycles. The second kappa shape index (κ2) is 8.08. The van der Waals surface area contributed by atoms with Crippen LogP contribution in [0.2, 0.25) is 10.0 Å². The first-order valence-corrected chi connectivity index (χ1v) is 9.92. The molecule has 0 atom stereocenters. The largest absolute Gasteiger partial charge is 0.365 e. The lowest BCUT2D eigenvalue weighted by Gasteiger charge is -2.19. The van der Waals surface area contributed by atoms with Crippen LogP contribution in [-0.4, -0.2) is 33.7 Å². The van der Waals surface area contributed by atoms with Crippen LogP contribution in [0.15, 0.2) is 47.4 Å². The molecule has 0 aromatic heterocycles. The van der Waals surface area contributed by atoms with E-state index in [1.165, 1.54) is 0 Å². The maximum atomic E-state index is 12.1. The van der Waals surface area contributed by atoms with Gasteiger partial charge >= 0.3 is 0 Å². The minimum absolute atomic E-state index is 0.0498. The molecule has 1 amide bonds. The highest BCUT2D eigenvalue weighted by Gasteiger charge is 2.13. The fourth-order valence-corrected chi connectivity index (χ4v) is 3.34. The third-order valence-electron chi connectivity index (χ3n) is 3.60. The summed E-state index contributed by atoms with van der Waals surface area (Å²) in [6.07, 6.45) is 0. The Kier molecular flexibility index (Phi) is 6.32. The summed E-state index contributed by atoms with van der Waals surface area (Å²) in [6, 6.07) is 11.3. The van der Waals surface area contributed by atoms with Crippen LogP contribution in [0.1, 0.15) is 6.92 Å². The van der Waals surface area contributed by atoms with E-state index in [2.05, 4.69) is 5.32 Å². The van der Waals surface area contributed by atoms with E-state index in [-0.39, 0.29) is 23.1 Å². The molecule has 0 saturated carbocycles. The van der Waals surface area contributed by atoms with Gasteiger partial charge in [0, 0.05) is 18.4 Å². The lowest BCUT2D eigenvalue weighted by molar-refractivity contribution is -0.114. The smallest absolute Gasteiger partial charge is 0.243 e. The normalized spacial score (nSPS) is 11.2. The molecule has 25 heavy (non-hydrogen) atoms. The molecule has 2 rings (SSSR count). The maximum absolute atomic E-state index is 12.1. The Bertz CT molecular complexity index is 868. The molecule has 0 aliphatic heterocycles. The van der Waals surface area contributed by atoms with Crippen LogP contribution in [0.5, 0.6) is 0 Å². The number of carbonyl (C=O) groups excluding carboxylic acids is 1. The van der Waals surface area contributed by atoms with Gasteiger partial charge < -0.3 is 10.2 Å². The fourth-order valence-electron chi connectivity index (χ4n) is 2.16. The van der Waals surface area contributed by atoms with Crippen LogP contribution in [0.4, 0.5) is 11.4 Å². The highest BCUT2D eigenvalue weighted by Crippen LogP contribution is 2.25. The molecule has 134 valence electrons. The number of carbonyl (C=O) groups is 1. The number of nitrogens with one attached hydrogen (secondary N) is 1. The number of hydrogen-bond acceptors (Lipinski definition) is 4. The Morgan fingerprint density at radius 3 is 2.28 bits per heavy atom. The van der Waals surface area contributed by atoms with Crippen molar-refractivity contribution in [2.45, 2.75) is 11.8 Å². The SMILES string of the molecule is CCS(=O)(=O)c1ccc(N(C)CC(=O)Nc2ccc(Cl)c(Cl)c2)cc1. The van der Waals surface area contributed by atoms with E-state index in [1.807, 2.05) is 0 Å². The van der Waals surface area contributed by atoms with Crippen molar-refractivity contribution in [2.75, 3.05) is 29.6 Å². The number of hydrogen-bond donors (Lipinski definition) is 1. The molecule has 1 N–H and O–H groups in total. The molecule has 0 heterocycles. The van der Waals surface area contributed by atoms with Crippen molar-refractivity contribution in [3.8, 4) is 0 Å². The van der Waals surface area contributed by atoms with E-state index in [0.29, 0.717) is 15.7 Å². The predicted octanol–water partition coefficient (Wildman–Crippen LogP) is 3.86. The molecule has 0 radical (unpaired) electrons. The van der Waals surface area contributed by atoms with Gasteiger partial charge in [0.1, 0.15) is 0 Å². The summed E-state index contributed by atoms with van der Waals surface area (Å²) in [7, 11) is -1.49. The monoisotopic (exact) mass is 400 g/mol. The lowest BCUT2D eigenvalue weighted by atomic mass is 10.3. The van der Waals surface area contributed by atoms with E-state index >= 15 is 0 Å². The Morgan fingerprint density at radius 1 is 1.08 bits per heavy atom. The molecule has 5 nitrogen and oxygen atoms in total. The minimum atomic E-state index is -3.23. The number of likely N-dealkylation sites (N-methyl/N-ethyl adjacent to an activating group) is 1. The van der Waals surface area contributed by atoms with Crippen molar-refractivity contribution >= 4 is 50.3 Å². The highest BCUT2D eigenvalue weighted by atomic mass is 35.5. The Hall–Kier alpha value is -1.76. The van der Waals surface area contributed by atoms with Crippen LogP contribution >= 0.6 is 23.2 Å². The number of amides is 1. The molecule has 0 aliphatic rings. The van der Waals surface area contributed by atoms with Crippen molar-refractivity contribution in [3.05, 3.63) is 52.5 Å². The number of benzene rings is 2. The third kappa shape index (κ3) is 5.11. The Balaban J connectivity index is 2.02. The first-order valence-electron chi connectivity index (χ1n) is 7.52. The minimum Gasteiger partial charge on any atom is -0.365 e. The fraction of sp³-hybridized carbons (Fsp3) is 0.235. The Labute approximate surface area is 157 Å². The van der Waals surface area contributed by atoms with Crippen molar-refractivity contribution in [2.24, 2.45) is 0 Å². The van der Waals surface area contributed by atoms with Gasteiger partial charge in [0.2, 0.25) is 5.91 Å². The summed E-state index contributed by atoms with van der Waals surface area (Å²) in [5.74, 6) is -0.181. The summed E-state index contributed by atoms with van der Waals surface area (Å²) >= 11 is 11.8. The summed E-state index contributed by atoms with van der Waals surface area (Å²) in [6.45, 7) is 1.70. The molecule has 2 aromatic carbocycles. The molecule has 2 aromatic rings. The van der Waals surface area contributed by atoms with Gasteiger partial charge in [0.05, 0.1) is 27.2 Å². The van der Waals surface area contributed by atoms with Crippen LogP contribution in [-0.2, 0) is 14.6 Å². The summed E-state index contributed by atoms with van der Waals surface area (Å²) < 4.78 is 23.6. The van der Waals surface area contributed by atoms with Crippen molar-refractivity contribution in [1.29, 1.82) is 0 Å². The van der Waals surface area contributed by atoms with E-state index in [9.17, 15) is 13.2 Å². The molecular formula is C17H18Cl2N2O3S. The van der Waals surface area contributed by atoms with Crippen LogP contribution in [0.25, 0.3) is 0 Å². The number of sulfone groups is 1. The molecule has 0 saturated heterocycles. The number of rotatable bonds is 6. The molecule has 8 heteroatoms. The predicted molar refractivity (Wildman–Crippen MR) is 103 cm³/mol. The summed E-state index contributed by atoms with van der Waals surface area (Å²) in [4.78, 5) is 14.1. The number of nitrogens with zero attached hydrogens (tertiary/aromatic N) is 1. The van der Waals surface area contributed by atoms with Crippen LogP contribution < -0.4 is 10.2 Å². The van der Waals surface area contributed by atoms with Gasteiger partial charge in [-0.1, -0.05) is 30.1 Å². The van der Waals surface area contributed by atoms with Gasteiger partial charge in [-0.2, -0.15) is 0 Å². The Morgan fingerprint density at radius 2 is 1.72 bits per heavy atom. The summed E-state index contributed by atoms with van der Waals surface area (Å²) in [5.41, 5.74) is 1.29. The summed E-state index contributed by atoms with van der Waals surface area (Å²) in [5, 5.41) is 3.51. The molecule has 0 unspecified atom stereocenters. The average molecular weight is 401 g/mol.